The molecule has 1 fully saturated rings. The van der Waals surface area contributed by atoms with Crippen LogP contribution in [-0.4, -0.2) is 33.1 Å². The predicted octanol–water partition coefficient (Wildman–Crippen LogP) is 2.60. The van der Waals surface area contributed by atoms with E-state index in [1.807, 2.05) is 25.1 Å². The Morgan fingerprint density at radius 3 is 2.68 bits per heavy atom. The highest BCUT2D eigenvalue weighted by molar-refractivity contribution is 8.76. The molecular weight excluding hydrogens is 324 g/mol. The molecule has 2 rings (SSSR count). The molecule has 0 aromatic carbocycles. The first-order valence-corrected chi connectivity index (χ1v) is 9.12. The molecule has 1 aromatic rings. The van der Waals surface area contributed by atoms with Crippen molar-refractivity contribution >= 4 is 39.4 Å². The molecule has 1 atom stereocenters. The molecule has 1 aromatic heterocycles. The smallest absolute Gasteiger partial charge is 0.330 e. The zero-order chi connectivity index (χ0) is 15.9. The Labute approximate surface area is 136 Å². The largest absolute Gasteiger partial charge is 0.334 e. The number of pyridine rings is 1. The topological polar surface area (TPSA) is 76.6 Å². The second kappa shape index (κ2) is 8.19. The third-order valence-corrected chi connectivity index (χ3v) is 5.85. The molecule has 2 heterocycles. The summed E-state index contributed by atoms with van der Waals surface area (Å²) in [6.45, 7) is 1.97. The van der Waals surface area contributed by atoms with Crippen LogP contribution in [0, 0.1) is 0 Å². The summed E-state index contributed by atoms with van der Waals surface area (Å²) >= 11 is 0. The number of hydrogen-bond acceptors (Lipinski definition) is 7. The van der Waals surface area contributed by atoms with Gasteiger partial charge in [0.1, 0.15) is 5.03 Å². The van der Waals surface area contributed by atoms with Crippen molar-refractivity contribution in [3.63, 3.8) is 0 Å². The Morgan fingerprint density at radius 2 is 2.09 bits per heavy atom. The maximum absolute atomic E-state index is 11.9. The van der Waals surface area contributed by atoms with Gasteiger partial charge in [0.05, 0.1) is 6.42 Å². The number of imide groups is 1. The average Bonchev–Trinajstić information content (AvgIpc) is 2.84. The third-order valence-electron chi connectivity index (χ3n) is 2.96. The SMILES string of the molecule is CCC(CC(=O)ON1C(=O)CCC1=O)SSc1ccccn1. The first kappa shape index (κ1) is 16.8. The molecule has 1 saturated heterocycles. The number of carbonyl (C=O) groups excluding carboxylic acids is 3. The number of rotatable bonds is 7. The number of hydroxylamine groups is 2. The summed E-state index contributed by atoms with van der Waals surface area (Å²) < 4.78 is 0. The van der Waals surface area contributed by atoms with E-state index in [1.54, 1.807) is 6.20 Å². The number of amides is 2. The monoisotopic (exact) mass is 340 g/mol. The minimum Gasteiger partial charge on any atom is -0.330 e. The van der Waals surface area contributed by atoms with Crippen molar-refractivity contribution in [3.05, 3.63) is 24.4 Å². The fourth-order valence-corrected chi connectivity index (χ4v) is 4.17. The summed E-state index contributed by atoms with van der Waals surface area (Å²) in [5.74, 6) is -1.48. The number of hydrogen-bond donors (Lipinski definition) is 0. The van der Waals surface area contributed by atoms with Gasteiger partial charge in [-0.25, -0.2) is 9.78 Å². The summed E-state index contributed by atoms with van der Waals surface area (Å²) in [5.41, 5.74) is 0. The maximum atomic E-state index is 11.9. The lowest BCUT2D eigenvalue weighted by atomic mass is 10.2. The van der Waals surface area contributed by atoms with Gasteiger partial charge in [0.25, 0.3) is 11.8 Å². The highest BCUT2D eigenvalue weighted by Gasteiger charge is 2.33. The standard InChI is InChI=1S/C14H16N2O4S2/c1-2-10(21-22-11-5-3-4-8-15-11)9-14(19)20-16-12(17)6-7-13(16)18/h3-5,8,10H,2,6-7,9H2,1H3. The van der Waals surface area contributed by atoms with Crippen molar-refractivity contribution in [3.8, 4) is 0 Å². The van der Waals surface area contributed by atoms with Crippen molar-refractivity contribution in [1.29, 1.82) is 0 Å². The summed E-state index contributed by atoms with van der Waals surface area (Å²) in [4.78, 5) is 43.7. The molecule has 118 valence electrons. The van der Waals surface area contributed by atoms with Gasteiger partial charge in [-0.05, 0) is 29.3 Å². The van der Waals surface area contributed by atoms with Gasteiger partial charge in [-0.3, -0.25) is 9.59 Å². The molecule has 1 aliphatic rings. The molecule has 2 amide bonds. The Hall–Kier alpha value is -1.54. The maximum Gasteiger partial charge on any atom is 0.334 e. The lowest BCUT2D eigenvalue weighted by molar-refractivity contribution is -0.197. The minimum absolute atomic E-state index is 0.0207. The van der Waals surface area contributed by atoms with Gasteiger partial charge in [0, 0.05) is 24.3 Å². The van der Waals surface area contributed by atoms with E-state index in [0.717, 1.165) is 11.4 Å². The summed E-state index contributed by atoms with van der Waals surface area (Å²) in [7, 11) is 3.02. The van der Waals surface area contributed by atoms with E-state index in [9.17, 15) is 14.4 Å². The first-order valence-electron chi connectivity index (χ1n) is 6.91. The summed E-state index contributed by atoms with van der Waals surface area (Å²) in [6, 6.07) is 5.63. The van der Waals surface area contributed by atoms with Gasteiger partial charge in [0.2, 0.25) is 0 Å². The van der Waals surface area contributed by atoms with E-state index in [-0.39, 0.29) is 24.5 Å². The van der Waals surface area contributed by atoms with Crippen LogP contribution in [0.25, 0.3) is 0 Å². The van der Waals surface area contributed by atoms with E-state index < -0.39 is 17.8 Å². The summed E-state index contributed by atoms with van der Waals surface area (Å²) in [6.07, 6.45) is 2.82. The van der Waals surface area contributed by atoms with E-state index in [0.29, 0.717) is 5.06 Å². The molecule has 0 spiro atoms. The molecule has 0 bridgehead atoms. The lowest BCUT2D eigenvalue weighted by Gasteiger charge is -2.16. The molecule has 22 heavy (non-hydrogen) atoms. The fourth-order valence-electron chi connectivity index (χ4n) is 1.74. The first-order chi connectivity index (χ1) is 10.6. The van der Waals surface area contributed by atoms with Crippen LogP contribution in [0.15, 0.2) is 29.4 Å². The zero-order valence-corrected chi connectivity index (χ0v) is 13.7. The van der Waals surface area contributed by atoms with Crippen LogP contribution in [0.3, 0.4) is 0 Å². The highest BCUT2D eigenvalue weighted by atomic mass is 33.1. The molecule has 8 heteroatoms. The Balaban J connectivity index is 1.80. The average molecular weight is 340 g/mol. The lowest BCUT2D eigenvalue weighted by Crippen LogP contribution is -2.32. The minimum atomic E-state index is -0.565. The highest BCUT2D eigenvalue weighted by Crippen LogP contribution is 2.36. The van der Waals surface area contributed by atoms with Crippen molar-refractivity contribution < 1.29 is 19.2 Å². The van der Waals surface area contributed by atoms with E-state index >= 15 is 0 Å². The number of nitrogens with zero attached hydrogens (tertiary/aromatic N) is 2. The van der Waals surface area contributed by atoms with Crippen LogP contribution in [0.4, 0.5) is 0 Å². The molecule has 0 radical (unpaired) electrons. The second-order valence-electron chi connectivity index (χ2n) is 4.63. The quantitative estimate of drug-likeness (QED) is 0.558. The molecule has 0 saturated carbocycles. The Morgan fingerprint density at radius 1 is 1.36 bits per heavy atom. The van der Waals surface area contributed by atoms with Crippen LogP contribution < -0.4 is 0 Å². The van der Waals surface area contributed by atoms with E-state index in [2.05, 4.69) is 4.98 Å². The van der Waals surface area contributed by atoms with Crippen LogP contribution >= 0.6 is 21.6 Å². The molecule has 1 unspecified atom stereocenters. The van der Waals surface area contributed by atoms with Crippen LogP contribution in [0.5, 0.6) is 0 Å². The Bertz CT molecular complexity index is 537. The van der Waals surface area contributed by atoms with Crippen molar-refractivity contribution in [1.82, 2.24) is 10.0 Å². The van der Waals surface area contributed by atoms with Gasteiger partial charge in [-0.15, -0.1) is 5.06 Å². The van der Waals surface area contributed by atoms with Gasteiger partial charge < -0.3 is 4.84 Å². The van der Waals surface area contributed by atoms with Crippen molar-refractivity contribution in [2.75, 3.05) is 0 Å². The van der Waals surface area contributed by atoms with E-state index in [4.69, 9.17) is 4.84 Å². The van der Waals surface area contributed by atoms with Crippen LogP contribution in [0.2, 0.25) is 0 Å². The van der Waals surface area contributed by atoms with Crippen molar-refractivity contribution in [2.24, 2.45) is 0 Å². The molecule has 1 aliphatic heterocycles. The van der Waals surface area contributed by atoms with Gasteiger partial charge in [-0.2, -0.15) is 0 Å². The third kappa shape index (κ3) is 4.74. The predicted molar refractivity (Wildman–Crippen MR) is 83.6 cm³/mol. The van der Waals surface area contributed by atoms with Crippen molar-refractivity contribution in [2.45, 2.75) is 42.9 Å². The normalized spacial score (nSPS) is 16.0. The van der Waals surface area contributed by atoms with Gasteiger partial charge >= 0.3 is 5.97 Å². The molecule has 0 N–H and O–H groups in total. The van der Waals surface area contributed by atoms with E-state index in [1.165, 1.54) is 21.6 Å². The molecule has 0 aliphatic carbocycles. The van der Waals surface area contributed by atoms with Crippen LogP contribution in [-0.2, 0) is 19.2 Å². The fraction of sp³-hybridized carbons (Fsp3) is 0.429. The second-order valence-corrected chi connectivity index (χ2v) is 7.15. The molecule has 6 nitrogen and oxygen atoms in total. The van der Waals surface area contributed by atoms with Crippen LogP contribution in [0.1, 0.15) is 32.6 Å². The Kier molecular flexibility index (Phi) is 6.26. The van der Waals surface area contributed by atoms with Gasteiger partial charge in [-0.1, -0.05) is 23.8 Å². The summed E-state index contributed by atoms with van der Waals surface area (Å²) in [5, 5.41) is 1.47. The number of carbonyl (C=O) groups is 3. The molecular formula is C14H16N2O4S2. The number of aromatic nitrogens is 1. The van der Waals surface area contributed by atoms with Gasteiger partial charge in [0.15, 0.2) is 0 Å². The zero-order valence-electron chi connectivity index (χ0n) is 12.1.